The van der Waals surface area contributed by atoms with Gasteiger partial charge in [-0.15, -0.1) is 24.8 Å². The summed E-state index contributed by atoms with van der Waals surface area (Å²) in [6.45, 7) is 8.56. The zero-order valence-corrected chi connectivity index (χ0v) is 15.6. The van der Waals surface area contributed by atoms with Crippen molar-refractivity contribution in [3.8, 4) is 5.75 Å². The smallest absolute Gasteiger partial charge is 0.120 e. The molecule has 0 saturated carbocycles. The number of nitrogens with zero attached hydrogens (tertiary/aromatic N) is 1. The van der Waals surface area contributed by atoms with E-state index in [1.165, 1.54) is 0 Å². The molecule has 2 N–H and O–H groups in total. The monoisotopic (exact) mass is 368 g/mol. The van der Waals surface area contributed by atoms with E-state index in [0.717, 1.165) is 44.6 Å². The van der Waals surface area contributed by atoms with Crippen LogP contribution in [0.5, 0.6) is 5.75 Å². The highest BCUT2D eigenvalue weighted by molar-refractivity contribution is 6.30. The lowest BCUT2D eigenvalue weighted by Crippen LogP contribution is -2.45. The fourth-order valence-electron chi connectivity index (χ4n) is 2.81. The fourth-order valence-corrected chi connectivity index (χ4v) is 2.99. The molecule has 1 aromatic rings. The van der Waals surface area contributed by atoms with E-state index in [4.69, 9.17) is 11.6 Å². The van der Waals surface area contributed by atoms with Crippen LogP contribution in [0.4, 0.5) is 0 Å². The molecule has 6 heteroatoms. The Morgan fingerprint density at radius 3 is 2.41 bits per heavy atom. The van der Waals surface area contributed by atoms with Crippen molar-refractivity contribution in [2.45, 2.75) is 32.7 Å². The molecule has 1 atom stereocenters. The Kier molecular flexibility index (Phi) is 10.5. The van der Waals surface area contributed by atoms with E-state index >= 15 is 0 Å². The molecular weight excluding hydrogens is 343 g/mol. The summed E-state index contributed by atoms with van der Waals surface area (Å²) in [6.07, 6.45) is 2.21. The molecule has 2 rings (SSSR count). The molecule has 0 aliphatic carbocycles. The second kappa shape index (κ2) is 10.6. The summed E-state index contributed by atoms with van der Waals surface area (Å²) in [5, 5.41) is 14.3. The lowest BCUT2D eigenvalue weighted by atomic mass is 9.95. The minimum Gasteiger partial charge on any atom is -0.508 e. The molecule has 0 amide bonds. The number of hydrogen-bond acceptors (Lipinski definition) is 3. The molecule has 128 valence electrons. The second-order valence-electron chi connectivity index (χ2n) is 5.98. The van der Waals surface area contributed by atoms with Gasteiger partial charge in [0.25, 0.3) is 0 Å². The fraction of sp³-hybridized carbons (Fsp3) is 0.625. The van der Waals surface area contributed by atoms with Gasteiger partial charge in [-0.1, -0.05) is 25.4 Å². The Balaban J connectivity index is 0.00000220. The summed E-state index contributed by atoms with van der Waals surface area (Å²) >= 11 is 6.12. The van der Waals surface area contributed by atoms with Crippen LogP contribution in [0.2, 0.25) is 5.02 Å². The topological polar surface area (TPSA) is 35.5 Å². The normalized spacial score (nSPS) is 16.7. The molecule has 1 aliphatic heterocycles. The highest BCUT2D eigenvalue weighted by Gasteiger charge is 2.24. The summed E-state index contributed by atoms with van der Waals surface area (Å²) in [5.74, 6) is 1.03. The number of benzene rings is 1. The van der Waals surface area contributed by atoms with Crippen LogP contribution in [0.25, 0.3) is 0 Å². The first-order valence-corrected chi connectivity index (χ1v) is 7.89. The molecular formula is C16H27Cl3N2O. The molecule has 3 nitrogen and oxygen atoms in total. The number of phenols is 1. The Bertz CT molecular complexity index is 437. The lowest BCUT2D eigenvalue weighted by Gasteiger charge is -2.36. The summed E-state index contributed by atoms with van der Waals surface area (Å²) in [7, 11) is 0. The predicted molar refractivity (Wildman–Crippen MR) is 98.9 cm³/mol. The van der Waals surface area contributed by atoms with Crippen LogP contribution in [0.1, 0.15) is 38.3 Å². The molecule has 0 radical (unpaired) electrons. The highest BCUT2D eigenvalue weighted by atomic mass is 35.5. The average Bonchev–Trinajstić information content (AvgIpc) is 2.43. The van der Waals surface area contributed by atoms with Gasteiger partial charge in [-0.05, 0) is 37.0 Å². The molecule has 0 spiro atoms. The van der Waals surface area contributed by atoms with Gasteiger partial charge in [-0.3, -0.25) is 4.90 Å². The first-order valence-electron chi connectivity index (χ1n) is 7.51. The van der Waals surface area contributed by atoms with Crippen molar-refractivity contribution in [3.05, 3.63) is 28.8 Å². The zero-order valence-electron chi connectivity index (χ0n) is 13.2. The number of piperazine rings is 1. The van der Waals surface area contributed by atoms with E-state index in [9.17, 15) is 5.11 Å². The molecule has 22 heavy (non-hydrogen) atoms. The van der Waals surface area contributed by atoms with Crippen molar-refractivity contribution < 1.29 is 5.11 Å². The third kappa shape index (κ3) is 6.13. The van der Waals surface area contributed by atoms with Crippen LogP contribution in [0, 0.1) is 5.92 Å². The van der Waals surface area contributed by atoms with Gasteiger partial charge < -0.3 is 10.4 Å². The van der Waals surface area contributed by atoms with Gasteiger partial charge in [-0.25, -0.2) is 0 Å². The van der Waals surface area contributed by atoms with Gasteiger partial charge in [0.05, 0.1) is 0 Å². The molecule has 0 aromatic heterocycles. The van der Waals surface area contributed by atoms with Gasteiger partial charge in [0.15, 0.2) is 0 Å². The third-order valence-electron chi connectivity index (χ3n) is 3.96. The maximum atomic E-state index is 10.2. The zero-order chi connectivity index (χ0) is 14.5. The quantitative estimate of drug-likeness (QED) is 0.813. The van der Waals surface area contributed by atoms with Crippen LogP contribution in [0.3, 0.4) is 0 Å². The van der Waals surface area contributed by atoms with Crippen molar-refractivity contribution in [1.29, 1.82) is 0 Å². The third-order valence-corrected chi connectivity index (χ3v) is 4.19. The number of hydrogen-bond donors (Lipinski definition) is 2. The minimum atomic E-state index is 0. The Labute approximate surface area is 151 Å². The van der Waals surface area contributed by atoms with Crippen molar-refractivity contribution >= 4 is 36.4 Å². The van der Waals surface area contributed by atoms with E-state index in [2.05, 4.69) is 24.1 Å². The maximum Gasteiger partial charge on any atom is 0.120 e. The molecule has 1 aliphatic rings. The Morgan fingerprint density at radius 2 is 1.82 bits per heavy atom. The molecule has 1 heterocycles. The van der Waals surface area contributed by atoms with E-state index in [1.54, 1.807) is 12.1 Å². The number of aromatic hydroxyl groups is 1. The van der Waals surface area contributed by atoms with Crippen LogP contribution < -0.4 is 5.32 Å². The number of nitrogens with one attached hydrogen (secondary N) is 1. The van der Waals surface area contributed by atoms with Crippen molar-refractivity contribution in [3.63, 3.8) is 0 Å². The highest BCUT2D eigenvalue weighted by Crippen LogP contribution is 2.35. The largest absolute Gasteiger partial charge is 0.508 e. The molecule has 1 fully saturated rings. The van der Waals surface area contributed by atoms with Gasteiger partial charge in [0.2, 0.25) is 0 Å². The van der Waals surface area contributed by atoms with Crippen LogP contribution >= 0.6 is 36.4 Å². The molecule has 1 saturated heterocycles. The lowest BCUT2D eigenvalue weighted by molar-refractivity contribution is 0.157. The summed E-state index contributed by atoms with van der Waals surface area (Å²) in [5.41, 5.74) is 0.972. The number of halogens is 3. The van der Waals surface area contributed by atoms with E-state index < -0.39 is 0 Å². The summed E-state index contributed by atoms with van der Waals surface area (Å²) in [4.78, 5) is 2.46. The first kappa shape index (κ1) is 21.8. The SMILES string of the molecule is CC(C)CC[C@@H](c1cc(Cl)ccc1O)N1CCNCC1.Cl.Cl. The average molecular weight is 370 g/mol. The van der Waals surface area contributed by atoms with Gasteiger partial charge in [0, 0.05) is 42.8 Å². The van der Waals surface area contributed by atoms with Crippen molar-refractivity contribution in [2.75, 3.05) is 26.2 Å². The predicted octanol–water partition coefficient (Wildman–Crippen LogP) is 4.27. The van der Waals surface area contributed by atoms with Crippen molar-refractivity contribution in [1.82, 2.24) is 10.2 Å². The minimum absolute atomic E-state index is 0. The second-order valence-corrected chi connectivity index (χ2v) is 6.41. The Morgan fingerprint density at radius 1 is 1.18 bits per heavy atom. The van der Waals surface area contributed by atoms with E-state index in [1.807, 2.05) is 6.07 Å². The van der Waals surface area contributed by atoms with Crippen LogP contribution in [-0.2, 0) is 0 Å². The van der Waals surface area contributed by atoms with Crippen molar-refractivity contribution in [2.24, 2.45) is 5.92 Å². The maximum absolute atomic E-state index is 10.2. The first-order chi connectivity index (χ1) is 9.58. The summed E-state index contributed by atoms with van der Waals surface area (Å²) in [6, 6.07) is 5.64. The molecule has 0 bridgehead atoms. The number of phenolic OH excluding ortho intramolecular Hbond substituents is 1. The van der Waals surface area contributed by atoms with Gasteiger partial charge in [-0.2, -0.15) is 0 Å². The van der Waals surface area contributed by atoms with Gasteiger partial charge in [0.1, 0.15) is 5.75 Å². The van der Waals surface area contributed by atoms with Gasteiger partial charge >= 0.3 is 0 Å². The Hall–Kier alpha value is -0.190. The van der Waals surface area contributed by atoms with Crippen LogP contribution in [0.15, 0.2) is 18.2 Å². The van der Waals surface area contributed by atoms with Crippen LogP contribution in [-0.4, -0.2) is 36.2 Å². The number of rotatable bonds is 5. The molecule has 1 aromatic carbocycles. The van der Waals surface area contributed by atoms with E-state index in [-0.39, 0.29) is 30.9 Å². The van der Waals surface area contributed by atoms with E-state index in [0.29, 0.717) is 16.7 Å². The standard InChI is InChI=1S/C16H25ClN2O.2ClH/c1-12(2)3-5-15(19-9-7-18-8-10-19)14-11-13(17)4-6-16(14)20;;/h4,6,11-12,15,18,20H,3,5,7-10H2,1-2H3;2*1H/t15-;;/m0../s1. The molecule has 0 unspecified atom stereocenters. The summed E-state index contributed by atoms with van der Waals surface area (Å²) < 4.78 is 0.